The van der Waals surface area contributed by atoms with Crippen LogP contribution in [0, 0.1) is 0 Å². The average Bonchev–Trinajstić information content (AvgIpc) is 3.49. The van der Waals surface area contributed by atoms with E-state index in [4.69, 9.17) is 16.3 Å². The molecule has 0 bridgehead atoms. The summed E-state index contributed by atoms with van der Waals surface area (Å²) in [7, 11) is 0. The average molecular weight is 385 g/mol. The van der Waals surface area contributed by atoms with E-state index in [9.17, 15) is 4.79 Å². The minimum Gasteiger partial charge on any atom is -0.366 e. The smallest absolute Gasteiger partial charge is 0.250 e. The van der Waals surface area contributed by atoms with Crippen LogP contribution in [-0.4, -0.2) is 43.2 Å². The van der Waals surface area contributed by atoms with E-state index in [2.05, 4.69) is 34.5 Å². The van der Waals surface area contributed by atoms with Crippen LogP contribution in [0.2, 0.25) is 5.02 Å². The lowest BCUT2D eigenvalue weighted by molar-refractivity contribution is -0.138. The van der Waals surface area contributed by atoms with Gasteiger partial charge in [-0.3, -0.25) is 9.69 Å². The second-order valence-corrected chi connectivity index (χ2v) is 8.02. The number of nitrogens with zero attached hydrogens (tertiary/aromatic N) is 1. The first-order valence-corrected chi connectivity index (χ1v) is 9.94. The number of hydrogen-bond acceptors (Lipinski definition) is 3. The third-order valence-electron chi connectivity index (χ3n) is 5.60. The zero-order valence-electron chi connectivity index (χ0n) is 15.4. The fraction of sp³-hybridized carbons (Fsp3) is 0.409. The van der Waals surface area contributed by atoms with E-state index in [0.29, 0.717) is 19.7 Å². The molecule has 2 aromatic rings. The third-order valence-corrected chi connectivity index (χ3v) is 5.86. The van der Waals surface area contributed by atoms with E-state index in [1.807, 2.05) is 30.3 Å². The summed E-state index contributed by atoms with van der Waals surface area (Å²) in [5.41, 5.74) is 2.58. The van der Waals surface area contributed by atoms with Crippen LogP contribution in [-0.2, 0) is 21.5 Å². The fourth-order valence-corrected chi connectivity index (χ4v) is 3.86. The summed E-state index contributed by atoms with van der Waals surface area (Å²) < 4.78 is 5.74. The summed E-state index contributed by atoms with van der Waals surface area (Å²) in [6, 6.07) is 18.3. The number of halogens is 1. The first-order valence-electron chi connectivity index (χ1n) is 9.56. The Hall–Kier alpha value is -1.88. The minimum atomic E-state index is -0.400. The van der Waals surface area contributed by atoms with Crippen LogP contribution in [0.25, 0.3) is 0 Å². The van der Waals surface area contributed by atoms with E-state index in [1.165, 1.54) is 11.1 Å². The van der Waals surface area contributed by atoms with Gasteiger partial charge in [-0.15, -0.1) is 0 Å². The summed E-state index contributed by atoms with van der Waals surface area (Å²) in [6.45, 7) is 3.59. The van der Waals surface area contributed by atoms with Gasteiger partial charge >= 0.3 is 0 Å². The zero-order chi connectivity index (χ0) is 18.7. The number of nitrogens with one attached hydrogen (secondary N) is 1. The predicted molar refractivity (Wildman–Crippen MR) is 107 cm³/mol. The Bertz CT molecular complexity index is 775. The largest absolute Gasteiger partial charge is 0.366 e. The molecule has 1 saturated carbocycles. The molecule has 0 aromatic heterocycles. The van der Waals surface area contributed by atoms with Crippen molar-refractivity contribution in [3.63, 3.8) is 0 Å². The number of carbonyl (C=O) groups is 1. The SMILES string of the molecule is O=C(NCC1(c2ccc(Cl)cc2)CC1)C1CN(Cc2ccccc2)CCO1. The molecule has 1 N–H and O–H groups in total. The fourth-order valence-electron chi connectivity index (χ4n) is 3.74. The monoisotopic (exact) mass is 384 g/mol. The molecule has 0 radical (unpaired) electrons. The normalized spacial score (nSPS) is 21.6. The lowest BCUT2D eigenvalue weighted by Crippen LogP contribution is -2.50. The van der Waals surface area contributed by atoms with Crippen LogP contribution in [0.15, 0.2) is 54.6 Å². The van der Waals surface area contributed by atoms with E-state index in [1.54, 1.807) is 0 Å². The predicted octanol–water partition coefficient (Wildman–Crippen LogP) is 3.39. The summed E-state index contributed by atoms with van der Waals surface area (Å²) in [4.78, 5) is 15.0. The van der Waals surface area contributed by atoms with Crippen LogP contribution in [0.3, 0.4) is 0 Å². The van der Waals surface area contributed by atoms with E-state index in [0.717, 1.165) is 31.0 Å². The summed E-state index contributed by atoms with van der Waals surface area (Å²) in [6.07, 6.45) is 1.80. The highest BCUT2D eigenvalue weighted by molar-refractivity contribution is 6.30. The molecular weight excluding hydrogens is 360 g/mol. The Kier molecular flexibility index (Phi) is 5.48. The van der Waals surface area contributed by atoms with E-state index >= 15 is 0 Å². The maximum atomic E-state index is 12.7. The molecule has 27 heavy (non-hydrogen) atoms. The summed E-state index contributed by atoms with van der Waals surface area (Å²) in [5, 5.41) is 3.87. The lowest BCUT2D eigenvalue weighted by Gasteiger charge is -2.32. The van der Waals surface area contributed by atoms with Crippen molar-refractivity contribution in [3.8, 4) is 0 Å². The second-order valence-electron chi connectivity index (χ2n) is 7.59. The molecule has 5 heteroatoms. The molecule has 1 atom stereocenters. The summed E-state index contributed by atoms with van der Waals surface area (Å²) >= 11 is 5.99. The van der Waals surface area contributed by atoms with Gasteiger partial charge in [0.1, 0.15) is 6.10 Å². The molecule has 1 aliphatic heterocycles. The van der Waals surface area contributed by atoms with Gasteiger partial charge in [0.15, 0.2) is 0 Å². The van der Waals surface area contributed by atoms with Crippen LogP contribution >= 0.6 is 11.6 Å². The number of ether oxygens (including phenoxy) is 1. The standard InChI is InChI=1S/C22H25ClN2O2/c23-19-8-6-18(7-9-19)22(10-11-22)16-24-21(26)20-15-25(12-13-27-20)14-17-4-2-1-3-5-17/h1-9,20H,10-16H2,(H,24,26). The van der Waals surface area contributed by atoms with E-state index in [-0.39, 0.29) is 11.3 Å². The van der Waals surface area contributed by atoms with Gasteiger partial charge in [0, 0.05) is 36.6 Å². The Morgan fingerprint density at radius 3 is 2.59 bits per heavy atom. The maximum absolute atomic E-state index is 12.7. The van der Waals surface area contributed by atoms with Gasteiger partial charge in [0.2, 0.25) is 0 Å². The highest BCUT2D eigenvalue weighted by Crippen LogP contribution is 2.47. The van der Waals surface area contributed by atoms with Gasteiger partial charge in [0.25, 0.3) is 5.91 Å². The molecule has 142 valence electrons. The van der Waals surface area contributed by atoms with Crippen molar-refractivity contribution in [1.29, 1.82) is 0 Å². The van der Waals surface area contributed by atoms with Gasteiger partial charge in [-0.05, 0) is 36.1 Å². The molecule has 1 saturated heterocycles. The van der Waals surface area contributed by atoms with Gasteiger partial charge in [-0.2, -0.15) is 0 Å². The number of amides is 1. The minimum absolute atomic E-state index is 0.00648. The molecular formula is C22H25ClN2O2. The molecule has 1 amide bonds. The molecule has 1 unspecified atom stereocenters. The van der Waals surface area contributed by atoms with Crippen molar-refractivity contribution < 1.29 is 9.53 Å². The van der Waals surface area contributed by atoms with Crippen LogP contribution < -0.4 is 5.32 Å². The highest BCUT2D eigenvalue weighted by atomic mass is 35.5. The Morgan fingerprint density at radius 1 is 1.15 bits per heavy atom. The molecule has 2 aliphatic rings. The molecule has 1 aliphatic carbocycles. The first kappa shape index (κ1) is 18.5. The number of benzene rings is 2. The molecule has 1 heterocycles. The number of rotatable bonds is 6. The van der Waals surface area contributed by atoms with E-state index < -0.39 is 6.10 Å². The van der Waals surface area contributed by atoms with Crippen molar-refractivity contribution in [1.82, 2.24) is 10.2 Å². The second kappa shape index (κ2) is 8.01. The van der Waals surface area contributed by atoms with Crippen molar-refractivity contribution in [2.75, 3.05) is 26.2 Å². The number of carbonyl (C=O) groups excluding carboxylic acids is 1. The van der Waals surface area contributed by atoms with Crippen LogP contribution in [0.1, 0.15) is 24.0 Å². The van der Waals surface area contributed by atoms with Crippen molar-refractivity contribution in [2.24, 2.45) is 0 Å². The molecule has 4 rings (SSSR count). The molecule has 2 aromatic carbocycles. The first-order chi connectivity index (χ1) is 13.1. The maximum Gasteiger partial charge on any atom is 0.250 e. The van der Waals surface area contributed by atoms with Crippen molar-refractivity contribution in [2.45, 2.75) is 30.9 Å². The van der Waals surface area contributed by atoms with Crippen molar-refractivity contribution in [3.05, 3.63) is 70.7 Å². The Balaban J connectivity index is 1.31. The van der Waals surface area contributed by atoms with Gasteiger partial charge in [-0.25, -0.2) is 0 Å². The van der Waals surface area contributed by atoms with Crippen LogP contribution in [0.5, 0.6) is 0 Å². The van der Waals surface area contributed by atoms with Gasteiger partial charge < -0.3 is 10.1 Å². The van der Waals surface area contributed by atoms with Gasteiger partial charge in [-0.1, -0.05) is 54.1 Å². The molecule has 4 nitrogen and oxygen atoms in total. The Labute approximate surface area is 165 Å². The number of morpholine rings is 1. The quantitative estimate of drug-likeness (QED) is 0.830. The van der Waals surface area contributed by atoms with Crippen molar-refractivity contribution >= 4 is 17.5 Å². The number of hydrogen-bond donors (Lipinski definition) is 1. The molecule has 0 spiro atoms. The molecule has 2 fully saturated rings. The summed E-state index contributed by atoms with van der Waals surface area (Å²) in [5.74, 6) is -0.00648. The zero-order valence-corrected chi connectivity index (χ0v) is 16.1. The lowest BCUT2D eigenvalue weighted by atomic mass is 9.96. The Morgan fingerprint density at radius 2 is 1.89 bits per heavy atom. The topological polar surface area (TPSA) is 41.6 Å². The van der Waals surface area contributed by atoms with Crippen LogP contribution in [0.4, 0.5) is 0 Å². The third kappa shape index (κ3) is 4.52. The highest BCUT2D eigenvalue weighted by Gasteiger charge is 2.44. The van der Waals surface area contributed by atoms with Gasteiger partial charge in [0.05, 0.1) is 6.61 Å².